The number of nitrogens with one attached hydrogen (secondary N) is 1. The van der Waals surface area contributed by atoms with E-state index in [1.807, 2.05) is 12.4 Å². The van der Waals surface area contributed by atoms with E-state index < -0.39 is 0 Å². The third-order valence-corrected chi connectivity index (χ3v) is 10.1. The lowest BCUT2D eigenvalue weighted by atomic mass is 9.91. The summed E-state index contributed by atoms with van der Waals surface area (Å²) in [7, 11) is 0. The van der Waals surface area contributed by atoms with Gasteiger partial charge in [0.1, 0.15) is 0 Å². The molecule has 0 saturated heterocycles. The van der Waals surface area contributed by atoms with Crippen molar-refractivity contribution in [2.45, 2.75) is 6.42 Å². The zero-order chi connectivity index (χ0) is 36.1. The smallest absolute Gasteiger partial charge is 0.160 e. The van der Waals surface area contributed by atoms with Gasteiger partial charge < -0.3 is 5.32 Å². The molecule has 1 N–H and O–H groups in total. The molecule has 0 fully saturated rings. The van der Waals surface area contributed by atoms with E-state index in [0.29, 0.717) is 0 Å². The van der Waals surface area contributed by atoms with Crippen molar-refractivity contribution in [2.75, 3.05) is 13.1 Å². The molecule has 4 nitrogen and oxygen atoms in total. The summed E-state index contributed by atoms with van der Waals surface area (Å²) in [5.41, 5.74) is 16.9. The molecule has 0 unspecified atom stereocenters. The number of rotatable bonds is 8. The molecule has 0 radical (unpaired) electrons. The van der Waals surface area contributed by atoms with Crippen LogP contribution in [0.5, 0.6) is 0 Å². The van der Waals surface area contributed by atoms with Crippen LogP contribution in [0, 0.1) is 0 Å². The van der Waals surface area contributed by atoms with E-state index in [1.54, 1.807) is 0 Å². The minimum atomic E-state index is 0.718. The fourth-order valence-corrected chi connectivity index (χ4v) is 7.17. The predicted molar refractivity (Wildman–Crippen MR) is 226 cm³/mol. The van der Waals surface area contributed by atoms with Crippen LogP contribution >= 0.6 is 0 Å². The van der Waals surface area contributed by atoms with Crippen LogP contribution < -0.4 is 5.32 Å². The molecule has 0 saturated carbocycles. The van der Waals surface area contributed by atoms with Gasteiger partial charge in [0.15, 0.2) is 5.82 Å². The van der Waals surface area contributed by atoms with Crippen LogP contribution in [-0.4, -0.2) is 29.3 Å². The quantitative estimate of drug-likeness (QED) is 0.172. The van der Waals surface area contributed by atoms with E-state index in [2.05, 4.69) is 186 Å². The Hall–Kier alpha value is -6.91. The van der Waals surface area contributed by atoms with Crippen molar-refractivity contribution in [3.8, 4) is 67.0 Å². The van der Waals surface area contributed by atoms with Gasteiger partial charge in [-0.2, -0.15) is 0 Å². The maximum absolute atomic E-state index is 5.09. The van der Waals surface area contributed by atoms with Gasteiger partial charge in [-0.15, -0.1) is 0 Å². The van der Waals surface area contributed by atoms with Crippen LogP contribution in [0.4, 0.5) is 0 Å². The van der Waals surface area contributed by atoms with Crippen molar-refractivity contribution in [1.82, 2.24) is 15.3 Å². The Morgan fingerprint density at radius 1 is 0.444 bits per heavy atom. The Balaban J connectivity index is 1.11. The lowest BCUT2D eigenvalue weighted by Gasteiger charge is -2.15. The van der Waals surface area contributed by atoms with Crippen molar-refractivity contribution in [3.05, 3.63) is 194 Å². The number of hydrogen-bond donors (Lipinski definition) is 1. The van der Waals surface area contributed by atoms with Gasteiger partial charge in [0, 0.05) is 24.9 Å². The number of aromatic nitrogens is 2. The van der Waals surface area contributed by atoms with Crippen LogP contribution in [0.15, 0.2) is 187 Å². The minimum absolute atomic E-state index is 0.718. The Morgan fingerprint density at radius 2 is 0.944 bits per heavy atom. The van der Waals surface area contributed by atoms with Crippen molar-refractivity contribution in [2.24, 2.45) is 4.99 Å². The molecule has 0 atom stereocenters. The van der Waals surface area contributed by atoms with Crippen LogP contribution in [0.3, 0.4) is 0 Å². The topological polar surface area (TPSA) is 50.2 Å². The summed E-state index contributed by atoms with van der Waals surface area (Å²) in [6.07, 6.45) is 11.1. The van der Waals surface area contributed by atoms with Crippen molar-refractivity contribution >= 4 is 17.4 Å². The highest BCUT2D eigenvalue weighted by atomic mass is 14.9. The molecular formula is C50H38N4. The molecule has 0 amide bonds. The lowest BCUT2D eigenvalue weighted by molar-refractivity contribution is 0.971. The van der Waals surface area contributed by atoms with E-state index in [0.717, 1.165) is 59.0 Å². The average molecular weight is 695 g/mol. The number of benzene rings is 6. The molecule has 4 heteroatoms. The molecule has 2 aliphatic rings. The molecule has 3 heterocycles. The molecule has 258 valence electrons. The number of nitrogens with zero attached hydrogens (tertiary/aromatic N) is 3. The molecule has 9 rings (SSSR count). The van der Waals surface area contributed by atoms with Crippen molar-refractivity contribution in [1.29, 1.82) is 0 Å². The average Bonchev–Trinajstić information content (AvgIpc) is 3.27. The molecule has 6 aromatic carbocycles. The third kappa shape index (κ3) is 7.10. The van der Waals surface area contributed by atoms with E-state index in [1.165, 1.54) is 50.1 Å². The molecule has 2 aliphatic heterocycles. The summed E-state index contributed by atoms with van der Waals surface area (Å²) in [4.78, 5) is 14.6. The molecular weight excluding hydrogens is 657 g/mol. The Bertz CT molecular complexity index is 2560. The van der Waals surface area contributed by atoms with Crippen LogP contribution in [0.2, 0.25) is 0 Å². The molecule has 0 aliphatic carbocycles. The van der Waals surface area contributed by atoms with Gasteiger partial charge in [-0.25, -0.2) is 9.97 Å². The second kappa shape index (κ2) is 15.0. The monoisotopic (exact) mass is 694 g/mol. The second-order valence-corrected chi connectivity index (χ2v) is 13.6. The maximum Gasteiger partial charge on any atom is 0.160 e. The van der Waals surface area contributed by atoms with E-state index in [4.69, 9.17) is 9.97 Å². The SMILES string of the molecule is C1=CC(c2cc(C3=CC=NCC3)nc(-c3ccc(-c4cc(-c5ccc(-c6ccccc6)cc5)cc(-c5cccc(-c6ccccc6)c5)c4)cc3)n2)=CCN1. The van der Waals surface area contributed by atoms with E-state index >= 15 is 0 Å². The van der Waals surface area contributed by atoms with Gasteiger partial charge in [-0.05, 0) is 122 Å². The van der Waals surface area contributed by atoms with Gasteiger partial charge in [0.25, 0.3) is 0 Å². The highest BCUT2D eigenvalue weighted by Crippen LogP contribution is 2.36. The number of dihydropyridines is 2. The zero-order valence-electron chi connectivity index (χ0n) is 29.9. The third-order valence-electron chi connectivity index (χ3n) is 10.1. The molecule has 54 heavy (non-hydrogen) atoms. The maximum atomic E-state index is 5.09. The first-order chi connectivity index (χ1) is 26.7. The standard InChI is InChI=1S/C50H38N4/c1-3-8-35(9-4-1)37-14-16-38(17-15-37)45-31-46(33-47(32-45)44-13-7-12-43(30-44)36-10-5-2-6-11-36)39-18-20-42(21-19-39)50-53-48(40-22-26-51-27-23-40)34-49(54-50)41-24-28-52-29-25-41/h1-24,26,28,30-34,51H,25,27,29H2. The molecule has 7 aromatic rings. The number of aliphatic imine (C=N–C) groups is 1. The van der Waals surface area contributed by atoms with Gasteiger partial charge in [-0.1, -0.05) is 133 Å². The summed E-state index contributed by atoms with van der Waals surface area (Å²) >= 11 is 0. The fraction of sp³-hybridized carbons (Fsp3) is 0.0600. The summed E-state index contributed by atoms with van der Waals surface area (Å²) < 4.78 is 0. The highest BCUT2D eigenvalue weighted by Gasteiger charge is 2.15. The normalized spacial score (nSPS) is 13.6. The predicted octanol–water partition coefficient (Wildman–Crippen LogP) is 11.8. The Labute approximate surface area is 316 Å². The Morgan fingerprint density at radius 3 is 1.54 bits per heavy atom. The first-order valence-electron chi connectivity index (χ1n) is 18.5. The van der Waals surface area contributed by atoms with Crippen LogP contribution in [0.1, 0.15) is 17.8 Å². The van der Waals surface area contributed by atoms with Crippen LogP contribution in [0.25, 0.3) is 78.2 Å². The van der Waals surface area contributed by atoms with E-state index in [-0.39, 0.29) is 0 Å². The molecule has 1 aromatic heterocycles. The van der Waals surface area contributed by atoms with Crippen molar-refractivity contribution in [3.63, 3.8) is 0 Å². The highest BCUT2D eigenvalue weighted by molar-refractivity contribution is 5.87. The van der Waals surface area contributed by atoms with Crippen molar-refractivity contribution < 1.29 is 0 Å². The largest absolute Gasteiger partial charge is 0.387 e. The second-order valence-electron chi connectivity index (χ2n) is 13.6. The molecule has 0 spiro atoms. The lowest BCUT2D eigenvalue weighted by Crippen LogP contribution is -2.09. The molecule has 0 bridgehead atoms. The first kappa shape index (κ1) is 33.0. The summed E-state index contributed by atoms with van der Waals surface area (Å²) in [6, 6.07) is 56.6. The van der Waals surface area contributed by atoms with Gasteiger partial charge in [0.05, 0.1) is 11.4 Å². The summed E-state index contributed by atoms with van der Waals surface area (Å²) in [6.45, 7) is 1.55. The van der Waals surface area contributed by atoms with Crippen LogP contribution in [-0.2, 0) is 0 Å². The van der Waals surface area contributed by atoms with Gasteiger partial charge in [0.2, 0.25) is 0 Å². The number of hydrogen-bond acceptors (Lipinski definition) is 4. The fourth-order valence-electron chi connectivity index (χ4n) is 7.17. The summed E-state index contributed by atoms with van der Waals surface area (Å²) in [5, 5.41) is 3.25. The van der Waals surface area contributed by atoms with Gasteiger partial charge >= 0.3 is 0 Å². The Kier molecular flexibility index (Phi) is 9.14. The minimum Gasteiger partial charge on any atom is -0.387 e. The first-order valence-corrected chi connectivity index (χ1v) is 18.5. The zero-order valence-corrected chi connectivity index (χ0v) is 29.9. The number of allylic oxidation sites excluding steroid dienone is 3. The van der Waals surface area contributed by atoms with Gasteiger partial charge in [-0.3, -0.25) is 4.99 Å². The van der Waals surface area contributed by atoms with E-state index in [9.17, 15) is 0 Å². The summed E-state index contributed by atoms with van der Waals surface area (Å²) in [5.74, 6) is 0.718.